The summed E-state index contributed by atoms with van der Waals surface area (Å²) in [5, 5.41) is 13.4. The number of aliphatic hydroxyl groups excluding tert-OH is 1. The first kappa shape index (κ1) is 19.9. The van der Waals surface area contributed by atoms with Gasteiger partial charge in [0.15, 0.2) is 0 Å². The quantitative estimate of drug-likeness (QED) is 0.665. The lowest BCUT2D eigenvalue weighted by Gasteiger charge is -2.65. The molecule has 2 N–H and O–H groups in total. The summed E-state index contributed by atoms with van der Waals surface area (Å²) in [6.45, 7) is 5.77. The highest BCUT2D eigenvalue weighted by Crippen LogP contribution is 2.69. The summed E-state index contributed by atoms with van der Waals surface area (Å²) in [5.41, 5.74) is 3.80. The van der Waals surface area contributed by atoms with E-state index in [2.05, 4.69) is 48.4 Å². The zero-order valence-electron chi connectivity index (χ0n) is 18.2. The minimum absolute atomic E-state index is 0.274. The van der Waals surface area contributed by atoms with Gasteiger partial charge in [0, 0.05) is 18.9 Å². The first-order valence-electron chi connectivity index (χ1n) is 11.4. The second-order valence-corrected chi connectivity index (χ2v) is 11.0. The maximum Gasteiger partial charge on any atom is 0.119 e. The molecule has 4 bridgehead atoms. The van der Waals surface area contributed by atoms with Crippen LogP contribution in [0.4, 0.5) is 5.69 Å². The minimum Gasteiger partial charge on any atom is -0.491 e. The van der Waals surface area contributed by atoms with E-state index in [4.69, 9.17) is 4.74 Å². The number of pyridine rings is 1. The Morgan fingerprint density at radius 2 is 1.80 bits per heavy atom. The summed E-state index contributed by atoms with van der Waals surface area (Å²) in [6, 6.07) is 12.6. The van der Waals surface area contributed by atoms with E-state index in [-0.39, 0.29) is 6.61 Å². The zero-order valence-corrected chi connectivity index (χ0v) is 18.2. The number of anilines is 1. The molecule has 0 amide bonds. The Morgan fingerprint density at radius 1 is 1.07 bits per heavy atom. The van der Waals surface area contributed by atoms with E-state index in [1.807, 2.05) is 12.1 Å². The van der Waals surface area contributed by atoms with Crippen LogP contribution in [0.3, 0.4) is 0 Å². The Morgan fingerprint density at radius 3 is 2.43 bits per heavy atom. The van der Waals surface area contributed by atoms with E-state index in [9.17, 15) is 5.11 Å². The summed E-state index contributed by atoms with van der Waals surface area (Å²) < 4.78 is 5.86. The van der Waals surface area contributed by atoms with Crippen LogP contribution in [0.15, 0.2) is 48.8 Å². The highest BCUT2D eigenvalue weighted by molar-refractivity contribution is 5.39. The molecule has 5 atom stereocenters. The molecule has 0 aliphatic heterocycles. The number of aliphatic hydroxyl groups is 1. The van der Waals surface area contributed by atoms with Crippen LogP contribution in [0.1, 0.15) is 57.9 Å². The number of hydrogen-bond donors (Lipinski definition) is 2. The summed E-state index contributed by atoms with van der Waals surface area (Å²) in [7, 11) is 0. The largest absolute Gasteiger partial charge is 0.491 e. The lowest BCUT2D eigenvalue weighted by molar-refractivity contribution is -0.110. The lowest BCUT2D eigenvalue weighted by Crippen LogP contribution is -2.56. The van der Waals surface area contributed by atoms with Crippen LogP contribution >= 0.6 is 0 Å². The van der Waals surface area contributed by atoms with Crippen molar-refractivity contribution in [2.24, 2.45) is 16.7 Å². The topological polar surface area (TPSA) is 54.4 Å². The molecule has 4 nitrogen and oxygen atoms in total. The number of aromatic nitrogens is 1. The third-order valence-corrected chi connectivity index (χ3v) is 7.74. The highest BCUT2D eigenvalue weighted by atomic mass is 16.5. The van der Waals surface area contributed by atoms with Crippen molar-refractivity contribution in [1.29, 1.82) is 0 Å². The van der Waals surface area contributed by atoms with Crippen LogP contribution in [0.2, 0.25) is 0 Å². The van der Waals surface area contributed by atoms with Gasteiger partial charge >= 0.3 is 0 Å². The van der Waals surface area contributed by atoms with Crippen molar-refractivity contribution in [1.82, 2.24) is 4.98 Å². The molecule has 4 fully saturated rings. The molecular formula is C26H34N2O2. The SMILES string of the molecule is C[C@]12CC3CC(c4ccc(OCC(O)CNc5cccnc5)cc4)(C1)C[C@@](C)(C3)C2. The fourth-order valence-corrected chi connectivity index (χ4v) is 7.63. The maximum atomic E-state index is 10.2. The lowest BCUT2D eigenvalue weighted by atomic mass is 9.39. The molecule has 6 rings (SSSR count). The van der Waals surface area contributed by atoms with Crippen molar-refractivity contribution in [3.63, 3.8) is 0 Å². The molecule has 4 saturated carbocycles. The van der Waals surface area contributed by atoms with Crippen LogP contribution in [-0.2, 0) is 5.41 Å². The van der Waals surface area contributed by atoms with Gasteiger partial charge in [-0.1, -0.05) is 26.0 Å². The van der Waals surface area contributed by atoms with Gasteiger partial charge in [-0.25, -0.2) is 0 Å². The molecule has 160 valence electrons. The van der Waals surface area contributed by atoms with E-state index in [1.54, 1.807) is 12.4 Å². The van der Waals surface area contributed by atoms with E-state index >= 15 is 0 Å². The summed E-state index contributed by atoms with van der Waals surface area (Å²) >= 11 is 0. The van der Waals surface area contributed by atoms with Crippen molar-refractivity contribution in [3.05, 3.63) is 54.4 Å². The first-order valence-corrected chi connectivity index (χ1v) is 11.4. The molecule has 1 aromatic heterocycles. The third-order valence-electron chi connectivity index (χ3n) is 7.74. The average molecular weight is 407 g/mol. The van der Waals surface area contributed by atoms with Crippen molar-refractivity contribution in [3.8, 4) is 5.75 Å². The van der Waals surface area contributed by atoms with Gasteiger partial charge in [0.05, 0.1) is 5.69 Å². The van der Waals surface area contributed by atoms with E-state index < -0.39 is 6.10 Å². The highest BCUT2D eigenvalue weighted by Gasteiger charge is 2.60. The van der Waals surface area contributed by atoms with Crippen LogP contribution in [0, 0.1) is 16.7 Å². The molecule has 4 heteroatoms. The van der Waals surface area contributed by atoms with Crippen molar-refractivity contribution in [2.45, 2.75) is 63.9 Å². The monoisotopic (exact) mass is 406 g/mol. The van der Waals surface area contributed by atoms with Crippen LogP contribution in [-0.4, -0.2) is 29.3 Å². The van der Waals surface area contributed by atoms with Gasteiger partial charge in [0.25, 0.3) is 0 Å². The smallest absolute Gasteiger partial charge is 0.119 e. The Labute approximate surface area is 180 Å². The Hall–Kier alpha value is -2.07. The fourth-order valence-electron chi connectivity index (χ4n) is 7.63. The Balaban J connectivity index is 1.20. The molecule has 4 aliphatic rings. The van der Waals surface area contributed by atoms with E-state index in [0.717, 1.165) is 17.4 Å². The molecule has 2 aromatic rings. The van der Waals surface area contributed by atoms with E-state index in [1.165, 1.54) is 44.1 Å². The maximum absolute atomic E-state index is 10.2. The minimum atomic E-state index is -0.576. The van der Waals surface area contributed by atoms with Gasteiger partial charge < -0.3 is 15.2 Å². The van der Waals surface area contributed by atoms with Crippen molar-refractivity contribution < 1.29 is 9.84 Å². The van der Waals surface area contributed by atoms with Crippen LogP contribution < -0.4 is 10.1 Å². The number of ether oxygens (including phenoxy) is 1. The summed E-state index contributed by atoms with van der Waals surface area (Å²) in [4.78, 5) is 4.06. The summed E-state index contributed by atoms with van der Waals surface area (Å²) in [5.74, 6) is 1.73. The molecule has 0 saturated heterocycles. The number of nitrogens with zero attached hydrogens (tertiary/aromatic N) is 1. The molecular weight excluding hydrogens is 372 g/mol. The molecule has 30 heavy (non-hydrogen) atoms. The molecule has 0 radical (unpaired) electrons. The molecule has 1 heterocycles. The molecule has 4 aliphatic carbocycles. The zero-order chi connectivity index (χ0) is 20.8. The second-order valence-electron chi connectivity index (χ2n) is 11.0. The van der Waals surface area contributed by atoms with E-state index in [0.29, 0.717) is 22.8 Å². The van der Waals surface area contributed by atoms with Gasteiger partial charge in [0.1, 0.15) is 18.5 Å². The fraction of sp³-hybridized carbons (Fsp3) is 0.577. The number of rotatable bonds is 7. The van der Waals surface area contributed by atoms with Gasteiger partial charge in [-0.3, -0.25) is 4.98 Å². The van der Waals surface area contributed by atoms with Gasteiger partial charge in [-0.05, 0) is 90.5 Å². The van der Waals surface area contributed by atoms with Crippen LogP contribution in [0.25, 0.3) is 0 Å². The average Bonchev–Trinajstić information content (AvgIpc) is 2.69. The number of benzene rings is 1. The normalized spacial score (nSPS) is 35.2. The second kappa shape index (κ2) is 7.26. The third kappa shape index (κ3) is 3.82. The predicted molar refractivity (Wildman–Crippen MR) is 120 cm³/mol. The Bertz CT molecular complexity index is 864. The van der Waals surface area contributed by atoms with Crippen molar-refractivity contribution >= 4 is 5.69 Å². The van der Waals surface area contributed by atoms with Gasteiger partial charge in [-0.2, -0.15) is 0 Å². The van der Waals surface area contributed by atoms with Gasteiger partial charge in [0.2, 0.25) is 0 Å². The van der Waals surface area contributed by atoms with Crippen LogP contribution in [0.5, 0.6) is 5.75 Å². The first-order chi connectivity index (χ1) is 14.4. The number of nitrogens with one attached hydrogen (secondary N) is 1. The predicted octanol–water partition coefficient (Wildman–Crippen LogP) is 5.18. The van der Waals surface area contributed by atoms with Gasteiger partial charge in [-0.15, -0.1) is 0 Å². The molecule has 0 spiro atoms. The molecule has 3 unspecified atom stereocenters. The molecule has 1 aromatic carbocycles. The van der Waals surface area contributed by atoms with Crippen molar-refractivity contribution in [2.75, 3.05) is 18.5 Å². The Kier molecular flexibility index (Phi) is 4.81. The summed E-state index contributed by atoms with van der Waals surface area (Å²) in [6.07, 6.45) is 11.2. The standard InChI is InChI=1S/C26H34N2O2/c1-24-10-19-11-25(2,16-24)18-26(12-19,17-24)20-5-7-23(8-6-20)30-15-22(29)14-28-21-4-3-9-27-13-21/h3-9,13,19,22,28-29H,10-12,14-18H2,1-2H3/t19?,22?,24-,25+,26?. The number of hydrogen-bond acceptors (Lipinski definition) is 4.